The SMILES string of the molecule is Cc1nc(N(C2CC2)C2CCC2O)sc1C. The van der Waals surface area contributed by atoms with Crippen LogP contribution in [0.4, 0.5) is 5.13 Å². The second-order valence-corrected chi connectivity index (χ2v) is 6.17. The third-order valence-corrected chi connectivity index (χ3v) is 4.82. The van der Waals surface area contributed by atoms with Crippen LogP contribution in [0.25, 0.3) is 0 Å². The van der Waals surface area contributed by atoms with Crippen molar-refractivity contribution in [2.45, 2.75) is 57.7 Å². The summed E-state index contributed by atoms with van der Waals surface area (Å²) in [6, 6.07) is 0.974. The monoisotopic (exact) mass is 238 g/mol. The topological polar surface area (TPSA) is 36.4 Å². The Morgan fingerprint density at radius 3 is 2.38 bits per heavy atom. The van der Waals surface area contributed by atoms with E-state index in [0.717, 1.165) is 23.7 Å². The van der Waals surface area contributed by atoms with E-state index in [4.69, 9.17) is 0 Å². The van der Waals surface area contributed by atoms with Gasteiger partial charge in [-0.2, -0.15) is 0 Å². The molecule has 3 nitrogen and oxygen atoms in total. The van der Waals surface area contributed by atoms with Gasteiger partial charge in [0.2, 0.25) is 0 Å². The highest BCUT2D eigenvalue weighted by atomic mass is 32.1. The maximum Gasteiger partial charge on any atom is 0.186 e. The maximum atomic E-state index is 9.83. The van der Waals surface area contributed by atoms with Gasteiger partial charge >= 0.3 is 0 Å². The molecule has 88 valence electrons. The average molecular weight is 238 g/mol. The lowest BCUT2D eigenvalue weighted by atomic mass is 9.88. The number of hydrogen-bond acceptors (Lipinski definition) is 4. The molecular formula is C12H18N2OS. The Balaban J connectivity index is 1.87. The van der Waals surface area contributed by atoms with Gasteiger partial charge in [-0.1, -0.05) is 0 Å². The zero-order valence-corrected chi connectivity index (χ0v) is 10.6. The number of aryl methyl sites for hydroxylation is 2. The van der Waals surface area contributed by atoms with Gasteiger partial charge in [-0.3, -0.25) is 0 Å². The Hall–Kier alpha value is -0.610. The molecule has 1 heterocycles. The molecule has 2 saturated carbocycles. The first kappa shape index (κ1) is 10.5. The molecule has 4 heteroatoms. The Bertz CT molecular complexity index is 380. The average Bonchev–Trinajstić information content (AvgIpc) is 3.01. The van der Waals surface area contributed by atoms with E-state index in [1.165, 1.54) is 17.7 Å². The molecule has 2 unspecified atom stereocenters. The fourth-order valence-corrected chi connectivity index (χ4v) is 3.32. The summed E-state index contributed by atoms with van der Waals surface area (Å²) >= 11 is 1.77. The van der Waals surface area contributed by atoms with Crippen molar-refractivity contribution in [3.05, 3.63) is 10.6 Å². The van der Waals surface area contributed by atoms with Crippen molar-refractivity contribution in [1.29, 1.82) is 0 Å². The van der Waals surface area contributed by atoms with Crippen LogP contribution in [0.15, 0.2) is 0 Å². The van der Waals surface area contributed by atoms with Gasteiger partial charge in [0, 0.05) is 10.9 Å². The zero-order chi connectivity index (χ0) is 11.3. The summed E-state index contributed by atoms with van der Waals surface area (Å²) in [6.45, 7) is 4.19. The number of thiazole rings is 1. The van der Waals surface area contributed by atoms with E-state index in [1.807, 2.05) is 0 Å². The van der Waals surface area contributed by atoms with Crippen LogP contribution in [0.1, 0.15) is 36.3 Å². The summed E-state index contributed by atoms with van der Waals surface area (Å²) in [6.07, 6.45) is 4.47. The normalized spacial score (nSPS) is 28.9. The number of aliphatic hydroxyl groups is 1. The molecule has 2 fully saturated rings. The molecule has 16 heavy (non-hydrogen) atoms. The van der Waals surface area contributed by atoms with Crippen LogP contribution in [0.3, 0.4) is 0 Å². The number of hydrogen-bond donors (Lipinski definition) is 1. The van der Waals surface area contributed by atoms with Crippen molar-refractivity contribution in [3.8, 4) is 0 Å². The van der Waals surface area contributed by atoms with Crippen LogP contribution in [-0.2, 0) is 0 Å². The van der Waals surface area contributed by atoms with E-state index in [0.29, 0.717) is 12.1 Å². The summed E-state index contributed by atoms with van der Waals surface area (Å²) in [4.78, 5) is 8.33. The lowest BCUT2D eigenvalue weighted by molar-refractivity contribution is 0.0636. The fraction of sp³-hybridized carbons (Fsp3) is 0.750. The Morgan fingerprint density at radius 1 is 1.25 bits per heavy atom. The molecule has 0 amide bonds. The lowest BCUT2D eigenvalue weighted by Gasteiger charge is -2.41. The quantitative estimate of drug-likeness (QED) is 0.877. The minimum Gasteiger partial charge on any atom is -0.391 e. The molecule has 0 spiro atoms. The Kier molecular flexibility index (Phi) is 2.44. The van der Waals surface area contributed by atoms with Gasteiger partial charge in [0.25, 0.3) is 0 Å². The fourth-order valence-electron chi connectivity index (χ4n) is 2.28. The molecule has 0 bridgehead atoms. The molecule has 1 N–H and O–H groups in total. The van der Waals surface area contributed by atoms with E-state index in [-0.39, 0.29) is 6.10 Å². The summed E-state index contributed by atoms with van der Waals surface area (Å²) in [5.41, 5.74) is 1.14. The smallest absolute Gasteiger partial charge is 0.186 e. The third kappa shape index (κ3) is 1.64. The molecule has 0 aliphatic heterocycles. The van der Waals surface area contributed by atoms with Gasteiger partial charge in [-0.05, 0) is 39.5 Å². The first-order valence-electron chi connectivity index (χ1n) is 6.07. The number of anilines is 1. The largest absolute Gasteiger partial charge is 0.391 e. The lowest BCUT2D eigenvalue weighted by Crippen LogP contribution is -2.51. The highest BCUT2D eigenvalue weighted by Gasteiger charge is 2.42. The molecule has 3 rings (SSSR count). The van der Waals surface area contributed by atoms with Crippen LogP contribution in [-0.4, -0.2) is 28.3 Å². The van der Waals surface area contributed by atoms with Crippen molar-refractivity contribution >= 4 is 16.5 Å². The number of aliphatic hydroxyl groups excluding tert-OH is 1. The minimum atomic E-state index is -0.134. The molecule has 0 saturated heterocycles. The van der Waals surface area contributed by atoms with Gasteiger partial charge in [-0.25, -0.2) is 4.98 Å². The Morgan fingerprint density at radius 2 is 2.00 bits per heavy atom. The van der Waals surface area contributed by atoms with Crippen molar-refractivity contribution in [2.24, 2.45) is 0 Å². The number of aromatic nitrogens is 1. The highest BCUT2D eigenvalue weighted by Crippen LogP contribution is 2.41. The van der Waals surface area contributed by atoms with Gasteiger partial charge in [0.1, 0.15) is 0 Å². The maximum absolute atomic E-state index is 9.83. The van der Waals surface area contributed by atoms with Gasteiger partial charge in [0.05, 0.1) is 17.8 Å². The van der Waals surface area contributed by atoms with Crippen molar-refractivity contribution in [3.63, 3.8) is 0 Å². The molecular weight excluding hydrogens is 220 g/mol. The molecule has 0 aromatic carbocycles. The van der Waals surface area contributed by atoms with Crippen molar-refractivity contribution in [1.82, 2.24) is 4.98 Å². The predicted molar refractivity (Wildman–Crippen MR) is 66.1 cm³/mol. The summed E-state index contributed by atoms with van der Waals surface area (Å²) < 4.78 is 0. The molecule has 0 radical (unpaired) electrons. The van der Waals surface area contributed by atoms with Crippen LogP contribution >= 0.6 is 11.3 Å². The molecule has 2 aliphatic carbocycles. The molecule has 2 atom stereocenters. The summed E-state index contributed by atoms with van der Waals surface area (Å²) in [5, 5.41) is 11.0. The van der Waals surface area contributed by atoms with Crippen LogP contribution < -0.4 is 4.90 Å². The zero-order valence-electron chi connectivity index (χ0n) is 9.81. The second-order valence-electron chi connectivity index (χ2n) is 4.99. The van der Waals surface area contributed by atoms with E-state index in [2.05, 4.69) is 23.7 Å². The van der Waals surface area contributed by atoms with Crippen LogP contribution in [0, 0.1) is 13.8 Å². The summed E-state index contributed by atoms with van der Waals surface area (Å²) in [5.74, 6) is 0. The minimum absolute atomic E-state index is 0.134. The first-order valence-corrected chi connectivity index (χ1v) is 6.89. The second kappa shape index (κ2) is 3.70. The molecule has 1 aromatic rings. The summed E-state index contributed by atoms with van der Waals surface area (Å²) in [7, 11) is 0. The first-order chi connectivity index (χ1) is 7.66. The highest BCUT2D eigenvalue weighted by molar-refractivity contribution is 7.15. The van der Waals surface area contributed by atoms with E-state index in [9.17, 15) is 5.11 Å². The van der Waals surface area contributed by atoms with E-state index in [1.54, 1.807) is 11.3 Å². The standard InChI is InChI=1S/C12H18N2OS/c1-7-8(2)16-12(13-7)14(9-3-4-9)10-5-6-11(10)15/h9-11,15H,3-6H2,1-2H3. The van der Waals surface area contributed by atoms with Gasteiger partial charge in [-0.15, -0.1) is 11.3 Å². The molecule has 1 aromatic heterocycles. The predicted octanol–water partition coefficient (Wildman–Crippen LogP) is 2.25. The van der Waals surface area contributed by atoms with E-state index >= 15 is 0 Å². The van der Waals surface area contributed by atoms with E-state index < -0.39 is 0 Å². The number of rotatable bonds is 3. The van der Waals surface area contributed by atoms with Crippen LogP contribution in [0.5, 0.6) is 0 Å². The van der Waals surface area contributed by atoms with Gasteiger partial charge < -0.3 is 10.0 Å². The van der Waals surface area contributed by atoms with Crippen molar-refractivity contribution < 1.29 is 5.11 Å². The van der Waals surface area contributed by atoms with Crippen LogP contribution in [0.2, 0.25) is 0 Å². The third-order valence-electron chi connectivity index (χ3n) is 3.74. The Labute approximate surface area is 100 Å². The molecule has 2 aliphatic rings. The van der Waals surface area contributed by atoms with Gasteiger partial charge in [0.15, 0.2) is 5.13 Å². The number of nitrogens with zero attached hydrogens (tertiary/aromatic N) is 2. The van der Waals surface area contributed by atoms with Crippen molar-refractivity contribution in [2.75, 3.05) is 4.90 Å².